The van der Waals surface area contributed by atoms with Gasteiger partial charge in [-0.2, -0.15) is 0 Å². The fourth-order valence-corrected chi connectivity index (χ4v) is 3.72. The number of benzene rings is 1. The van der Waals surface area contributed by atoms with Gasteiger partial charge in [0.1, 0.15) is 23.0 Å². The number of hydrogen-bond acceptors (Lipinski definition) is 5. The predicted octanol–water partition coefficient (Wildman–Crippen LogP) is 3.86. The van der Waals surface area contributed by atoms with E-state index < -0.39 is 11.4 Å². The summed E-state index contributed by atoms with van der Waals surface area (Å²) in [5.41, 5.74) is 2.70. The molecule has 0 saturated heterocycles. The maximum Gasteiger partial charge on any atom is 0.260 e. The molecule has 7 heteroatoms. The highest BCUT2D eigenvalue weighted by Crippen LogP contribution is 2.44. The van der Waals surface area contributed by atoms with Gasteiger partial charge in [-0.15, -0.1) is 0 Å². The quantitative estimate of drug-likeness (QED) is 0.760. The standard InChI is InChI=1S/C23H24FN3O3/c1-23(2)17(14-5-8-20(25-13-14)27(3)9-10-29-4)12-19(30-23)21-16-7-6-15(24)11-18(16)26-22(21)28/h5-8,11-13H,9-10H2,1-4H3,(H,26,28). The van der Waals surface area contributed by atoms with E-state index in [2.05, 4.69) is 10.3 Å². The zero-order chi connectivity index (χ0) is 21.5. The van der Waals surface area contributed by atoms with E-state index in [9.17, 15) is 9.18 Å². The Hall–Kier alpha value is -3.19. The van der Waals surface area contributed by atoms with Gasteiger partial charge in [-0.05, 0) is 50.3 Å². The van der Waals surface area contributed by atoms with Crippen molar-refractivity contribution in [2.45, 2.75) is 19.4 Å². The number of carbonyl (C=O) groups excluding carboxylic acids is 1. The fraction of sp³-hybridized carbons (Fsp3) is 0.304. The summed E-state index contributed by atoms with van der Waals surface area (Å²) in [4.78, 5) is 19.1. The molecule has 1 aromatic carbocycles. The van der Waals surface area contributed by atoms with Gasteiger partial charge in [-0.3, -0.25) is 4.79 Å². The Morgan fingerprint density at radius 3 is 2.77 bits per heavy atom. The summed E-state index contributed by atoms with van der Waals surface area (Å²) in [6.07, 6.45) is 3.68. The SMILES string of the molecule is COCCN(C)c1ccc(C2=CC(=C3C(=O)Nc4cc(F)ccc43)OC2(C)C)cn1. The Kier molecular flexibility index (Phi) is 5.07. The molecule has 30 heavy (non-hydrogen) atoms. The second-order valence-corrected chi connectivity index (χ2v) is 7.87. The van der Waals surface area contributed by atoms with Crippen LogP contribution in [0.3, 0.4) is 0 Å². The van der Waals surface area contributed by atoms with E-state index in [0.717, 1.165) is 23.5 Å². The van der Waals surface area contributed by atoms with Gasteiger partial charge >= 0.3 is 0 Å². The van der Waals surface area contributed by atoms with Crippen molar-refractivity contribution in [3.8, 4) is 0 Å². The van der Waals surface area contributed by atoms with Crippen molar-refractivity contribution in [2.75, 3.05) is 37.5 Å². The molecule has 2 aliphatic heterocycles. The highest BCUT2D eigenvalue weighted by Gasteiger charge is 2.38. The number of nitrogens with zero attached hydrogens (tertiary/aromatic N) is 2. The van der Waals surface area contributed by atoms with E-state index in [1.807, 2.05) is 44.0 Å². The van der Waals surface area contributed by atoms with Crippen LogP contribution in [0.15, 0.2) is 48.4 Å². The molecule has 0 aliphatic carbocycles. The zero-order valence-electron chi connectivity index (χ0n) is 17.5. The molecule has 2 aromatic rings. The van der Waals surface area contributed by atoms with Crippen molar-refractivity contribution < 1.29 is 18.7 Å². The Bertz CT molecular complexity index is 1060. The van der Waals surface area contributed by atoms with Crippen LogP contribution in [-0.4, -0.2) is 43.8 Å². The maximum atomic E-state index is 13.5. The number of hydrogen-bond donors (Lipinski definition) is 1. The number of fused-ring (bicyclic) bond motifs is 1. The predicted molar refractivity (Wildman–Crippen MR) is 114 cm³/mol. The van der Waals surface area contributed by atoms with Crippen LogP contribution in [-0.2, 0) is 14.3 Å². The lowest BCUT2D eigenvalue weighted by Gasteiger charge is -2.24. The van der Waals surface area contributed by atoms with Crippen LogP contribution in [0.2, 0.25) is 0 Å². The highest BCUT2D eigenvalue weighted by molar-refractivity contribution is 6.32. The van der Waals surface area contributed by atoms with Crippen LogP contribution in [0, 0.1) is 5.82 Å². The van der Waals surface area contributed by atoms with Crippen LogP contribution in [0.5, 0.6) is 0 Å². The minimum Gasteiger partial charge on any atom is -0.482 e. The Balaban J connectivity index is 1.69. The van der Waals surface area contributed by atoms with Gasteiger partial charge < -0.3 is 19.7 Å². The molecule has 1 aromatic heterocycles. The fourth-order valence-electron chi connectivity index (χ4n) is 3.72. The van der Waals surface area contributed by atoms with E-state index in [-0.39, 0.29) is 5.91 Å². The van der Waals surface area contributed by atoms with Gasteiger partial charge in [-0.25, -0.2) is 9.37 Å². The van der Waals surface area contributed by atoms with Gasteiger partial charge in [0.15, 0.2) is 0 Å². The van der Waals surface area contributed by atoms with Gasteiger partial charge in [0, 0.05) is 43.6 Å². The molecule has 0 saturated carbocycles. The molecule has 6 nitrogen and oxygen atoms in total. The van der Waals surface area contributed by atoms with Gasteiger partial charge in [-0.1, -0.05) is 0 Å². The number of methoxy groups -OCH3 is 1. The minimum absolute atomic E-state index is 0.299. The average Bonchev–Trinajstić information content (AvgIpc) is 3.20. The molecule has 1 amide bonds. The van der Waals surface area contributed by atoms with E-state index in [1.54, 1.807) is 19.4 Å². The van der Waals surface area contributed by atoms with Crippen molar-refractivity contribution in [2.24, 2.45) is 0 Å². The number of nitrogens with one attached hydrogen (secondary N) is 1. The molecule has 0 bridgehead atoms. The summed E-state index contributed by atoms with van der Waals surface area (Å²) in [6, 6.07) is 8.20. The lowest BCUT2D eigenvalue weighted by Crippen LogP contribution is -2.23. The third-order valence-corrected chi connectivity index (χ3v) is 5.34. The molecule has 4 rings (SSSR count). The van der Waals surface area contributed by atoms with Gasteiger partial charge in [0.2, 0.25) is 0 Å². The van der Waals surface area contributed by atoms with Crippen LogP contribution in [0.1, 0.15) is 25.0 Å². The molecule has 0 spiro atoms. The third kappa shape index (κ3) is 3.57. The summed E-state index contributed by atoms with van der Waals surface area (Å²) < 4.78 is 24.8. The summed E-state index contributed by atoms with van der Waals surface area (Å²) in [6.45, 7) is 5.26. The Morgan fingerprint density at radius 1 is 1.27 bits per heavy atom. The monoisotopic (exact) mass is 409 g/mol. The molecule has 0 atom stereocenters. The lowest BCUT2D eigenvalue weighted by atomic mass is 9.93. The van der Waals surface area contributed by atoms with E-state index >= 15 is 0 Å². The first kappa shape index (κ1) is 20.1. The second kappa shape index (κ2) is 7.57. The van der Waals surface area contributed by atoms with Crippen molar-refractivity contribution >= 4 is 28.6 Å². The van der Waals surface area contributed by atoms with Crippen LogP contribution in [0.4, 0.5) is 15.9 Å². The van der Waals surface area contributed by atoms with Crippen LogP contribution >= 0.6 is 0 Å². The summed E-state index contributed by atoms with van der Waals surface area (Å²) in [7, 11) is 3.63. The second-order valence-electron chi connectivity index (χ2n) is 7.87. The van der Waals surface area contributed by atoms with Gasteiger partial charge in [0.05, 0.1) is 17.9 Å². The van der Waals surface area contributed by atoms with Gasteiger partial charge in [0.25, 0.3) is 5.91 Å². The Labute approximate surface area is 175 Å². The first-order valence-corrected chi connectivity index (χ1v) is 9.73. The van der Waals surface area contributed by atoms with Crippen molar-refractivity contribution in [3.05, 3.63) is 65.3 Å². The number of aromatic nitrogens is 1. The minimum atomic E-state index is -0.642. The number of likely N-dealkylation sites (N-methyl/N-ethyl adjacent to an activating group) is 1. The van der Waals surface area contributed by atoms with Crippen molar-refractivity contribution in [1.82, 2.24) is 4.98 Å². The summed E-state index contributed by atoms with van der Waals surface area (Å²) >= 11 is 0. The number of ether oxygens (including phenoxy) is 2. The molecule has 1 N–H and O–H groups in total. The van der Waals surface area contributed by atoms with E-state index in [1.165, 1.54) is 12.1 Å². The molecule has 0 unspecified atom stereocenters. The number of anilines is 2. The maximum absolute atomic E-state index is 13.5. The lowest BCUT2D eigenvalue weighted by molar-refractivity contribution is -0.111. The molecule has 156 valence electrons. The van der Waals surface area contributed by atoms with E-state index in [4.69, 9.17) is 9.47 Å². The number of halogens is 1. The molecular formula is C23H24FN3O3. The largest absolute Gasteiger partial charge is 0.482 e. The van der Waals surface area contributed by atoms with Crippen molar-refractivity contribution in [1.29, 1.82) is 0 Å². The van der Waals surface area contributed by atoms with Crippen LogP contribution < -0.4 is 10.2 Å². The first-order valence-electron chi connectivity index (χ1n) is 9.73. The van der Waals surface area contributed by atoms with E-state index in [0.29, 0.717) is 29.2 Å². The smallest absolute Gasteiger partial charge is 0.260 e. The summed E-state index contributed by atoms with van der Waals surface area (Å²) in [5, 5.41) is 2.71. The topological polar surface area (TPSA) is 63.7 Å². The Morgan fingerprint density at radius 2 is 2.07 bits per heavy atom. The number of pyridine rings is 1. The molecular weight excluding hydrogens is 385 g/mol. The third-order valence-electron chi connectivity index (χ3n) is 5.34. The molecule has 3 heterocycles. The van der Waals surface area contributed by atoms with Crippen LogP contribution in [0.25, 0.3) is 11.1 Å². The highest BCUT2D eigenvalue weighted by atomic mass is 19.1. The zero-order valence-corrected chi connectivity index (χ0v) is 17.5. The number of rotatable bonds is 5. The normalized spacial score (nSPS) is 19.2. The molecule has 0 radical (unpaired) electrons. The number of allylic oxidation sites excluding steroid dienone is 1. The average molecular weight is 409 g/mol. The summed E-state index contributed by atoms with van der Waals surface area (Å²) in [5.74, 6) is 0.620. The molecule has 0 fully saturated rings. The number of amides is 1. The molecule has 2 aliphatic rings. The first-order chi connectivity index (χ1) is 14.3. The van der Waals surface area contributed by atoms with Crippen molar-refractivity contribution in [3.63, 3.8) is 0 Å². The number of carbonyl (C=O) groups is 1.